The molecule has 2 aromatic carbocycles. The van der Waals surface area contributed by atoms with Gasteiger partial charge in [0.25, 0.3) is 0 Å². The van der Waals surface area contributed by atoms with Gasteiger partial charge in [0.05, 0.1) is 12.6 Å². The van der Waals surface area contributed by atoms with Crippen LogP contribution in [0.3, 0.4) is 0 Å². The Morgan fingerprint density at radius 3 is 2.56 bits per heavy atom. The third-order valence-electron chi connectivity index (χ3n) is 3.12. The lowest BCUT2D eigenvalue weighted by molar-refractivity contribution is 0.123. The molecule has 18 heavy (non-hydrogen) atoms. The van der Waals surface area contributed by atoms with Crippen molar-refractivity contribution in [2.75, 3.05) is 19.8 Å². The van der Waals surface area contributed by atoms with Crippen molar-refractivity contribution < 1.29 is 4.74 Å². The van der Waals surface area contributed by atoms with Crippen LogP contribution in [0, 0.1) is 0 Å². The van der Waals surface area contributed by atoms with Gasteiger partial charge in [-0.05, 0) is 35.9 Å². The van der Waals surface area contributed by atoms with Crippen molar-refractivity contribution in [2.24, 2.45) is 0 Å². The van der Waals surface area contributed by atoms with E-state index in [1.54, 1.807) is 0 Å². The quantitative estimate of drug-likeness (QED) is 0.838. The van der Waals surface area contributed by atoms with Gasteiger partial charge in [-0.3, -0.25) is 0 Å². The summed E-state index contributed by atoms with van der Waals surface area (Å²) in [5.41, 5.74) is 1.30. The first-order chi connectivity index (χ1) is 8.85. The maximum Gasteiger partial charge on any atom is 0.0661 e. The molecule has 2 heteroatoms. The van der Waals surface area contributed by atoms with Gasteiger partial charge in [-0.1, -0.05) is 43.3 Å². The molecule has 0 aromatic heterocycles. The van der Waals surface area contributed by atoms with Gasteiger partial charge >= 0.3 is 0 Å². The van der Waals surface area contributed by atoms with Crippen molar-refractivity contribution in [2.45, 2.75) is 19.9 Å². The molecule has 0 aliphatic heterocycles. The predicted octanol–water partition coefficient (Wildman–Crippen LogP) is 3.53. The topological polar surface area (TPSA) is 21.3 Å². The van der Waals surface area contributed by atoms with Crippen LogP contribution in [0.15, 0.2) is 42.5 Å². The van der Waals surface area contributed by atoms with Crippen LogP contribution < -0.4 is 5.32 Å². The molecular weight excluding hydrogens is 222 g/mol. The first-order valence-corrected chi connectivity index (χ1v) is 6.65. The highest BCUT2D eigenvalue weighted by molar-refractivity contribution is 5.83. The summed E-state index contributed by atoms with van der Waals surface area (Å²) < 4.78 is 5.55. The normalized spacial score (nSPS) is 12.8. The standard InChI is InChI=1S/C16H21NO/c1-3-17-16(12-18-4-2)15-10-9-13-7-5-6-8-14(13)11-15/h5-11,16-17H,3-4,12H2,1-2H3. The van der Waals surface area contributed by atoms with Crippen molar-refractivity contribution in [1.29, 1.82) is 0 Å². The minimum absolute atomic E-state index is 0.277. The van der Waals surface area contributed by atoms with E-state index in [4.69, 9.17) is 4.74 Å². The molecule has 0 heterocycles. The number of hydrogen-bond acceptors (Lipinski definition) is 2. The second kappa shape index (κ2) is 6.53. The average molecular weight is 243 g/mol. The molecule has 2 aromatic rings. The summed E-state index contributed by atoms with van der Waals surface area (Å²) >= 11 is 0. The van der Waals surface area contributed by atoms with Crippen LogP contribution in [0.1, 0.15) is 25.5 Å². The molecule has 1 unspecified atom stereocenters. The molecule has 96 valence electrons. The maximum atomic E-state index is 5.55. The lowest BCUT2D eigenvalue weighted by atomic mass is 10.0. The molecule has 0 fully saturated rings. The van der Waals surface area contributed by atoms with Crippen molar-refractivity contribution >= 4 is 10.8 Å². The Balaban J connectivity index is 2.25. The zero-order valence-electron chi connectivity index (χ0n) is 11.1. The van der Waals surface area contributed by atoms with Gasteiger partial charge in [-0.25, -0.2) is 0 Å². The van der Waals surface area contributed by atoms with Crippen LogP contribution >= 0.6 is 0 Å². The summed E-state index contributed by atoms with van der Waals surface area (Å²) in [6.45, 7) is 6.59. The minimum atomic E-state index is 0.277. The van der Waals surface area contributed by atoms with Crippen LogP contribution in [0.25, 0.3) is 10.8 Å². The van der Waals surface area contributed by atoms with Crippen LogP contribution in [0.4, 0.5) is 0 Å². The highest BCUT2D eigenvalue weighted by Gasteiger charge is 2.10. The lowest BCUT2D eigenvalue weighted by Gasteiger charge is -2.18. The van der Waals surface area contributed by atoms with Crippen molar-refractivity contribution in [3.05, 3.63) is 48.0 Å². The Hall–Kier alpha value is -1.38. The molecule has 0 spiro atoms. The Bertz CT molecular complexity index is 495. The Labute approximate surface area is 109 Å². The molecule has 0 aliphatic rings. The van der Waals surface area contributed by atoms with E-state index in [1.165, 1.54) is 16.3 Å². The Morgan fingerprint density at radius 1 is 1.06 bits per heavy atom. The number of ether oxygens (including phenoxy) is 1. The fourth-order valence-electron chi connectivity index (χ4n) is 2.18. The highest BCUT2D eigenvalue weighted by Crippen LogP contribution is 2.20. The van der Waals surface area contributed by atoms with Gasteiger partial charge in [0.2, 0.25) is 0 Å². The summed E-state index contributed by atoms with van der Waals surface area (Å²) in [4.78, 5) is 0. The molecule has 0 saturated heterocycles. The van der Waals surface area contributed by atoms with Crippen LogP contribution in [-0.4, -0.2) is 19.8 Å². The summed E-state index contributed by atoms with van der Waals surface area (Å²) in [5, 5.41) is 6.04. The Morgan fingerprint density at radius 2 is 1.83 bits per heavy atom. The summed E-state index contributed by atoms with van der Waals surface area (Å²) in [6, 6.07) is 15.4. The second-order valence-corrected chi connectivity index (χ2v) is 4.38. The van der Waals surface area contributed by atoms with Crippen LogP contribution in [-0.2, 0) is 4.74 Å². The largest absolute Gasteiger partial charge is 0.380 e. The monoisotopic (exact) mass is 243 g/mol. The van der Waals surface area contributed by atoms with Crippen LogP contribution in [0.2, 0.25) is 0 Å². The van der Waals surface area contributed by atoms with Gasteiger partial charge < -0.3 is 10.1 Å². The third-order valence-corrected chi connectivity index (χ3v) is 3.12. The molecule has 1 N–H and O–H groups in total. The van der Waals surface area contributed by atoms with Gasteiger partial charge in [0.15, 0.2) is 0 Å². The first-order valence-electron chi connectivity index (χ1n) is 6.65. The van der Waals surface area contributed by atoms with E-state index in [2.05, 4.69) is 54.7 Å². The van der Waals surface area contributed by atoms with Gasteiger partial charge in [0, 0.05) is 6.61 Å². The molecule has 1 atom stereocenters. The molecule has 0 aliphatic carbocycles. The summed E-state index contributed by atoms with van der Waals surface area (Å²) in [7, 11) is 0. The van der Waals surface area contributed by atoms with E-state index in [0.29, 0.717) is 0 Å². The number of likely N-dealkylation sites (N-methyl/N-ethyl adjacent to an activating group) is 1. The molecule has 2 nitrogen and oxygen atoms in total. The van der Waals surface area contributed by atoms with E-state index in [0.717, 1.165) is 19.8 Å². The highest BCUT2D eigenvalue weighted by atomic mass is 16.5. The SMILES string of the molecule is CCNC(COCC)c1ccc2ccccc2c1. The van der Waals surface area contributed by atoms with Gasteiger partial charge in [0.1, 0.15) is 0 Å². The van der Waals surface area contributed by atoms with E-state index in [-0.39, 0.29) is 6.04 Å². The zero-order valence-corrected chi connectivity index (χ0v) is 11.1. The molecule has 0 amide bonds. The molecule has 0 bridgehead atoms. The lowest BCUT2D eigenvalue weighted by Crippen LogP contribution is -2.25. The number of hydrogen-bond donors (Lipinski definition) is 1. The van der Waals surface area contributed by atoms with E-state index >= 15 is 0 Å². The number of benzene rings is 2. The number of nitrogens with one attached hydrogen (secondary N) is 1. The van der Waals surface area contributed by atoms with E-state index in [1.807, 2.05) is 6.92 Å². The zero-order chi connectivity index (χ0) is 12.8. The van der Waals surface area contributed by atoms with Crippen molar-refractivity contribution in [3.63, 3.8) is 0 Å². The van der Waals surface area contributed by atoms with Crippen molar-refractivity contribution in [3.8, 4) is 0 Å². The fraction of sp³-hybridized carbons (Fsp3) is 0.375. The molecule has 0 radical (unpaired) electrons. The predicted molar refractivity (Wildman–Crippen MR) is 76.9 cm³/mol. The van der Waals surface area contributed by atoms with Crippen molar-refractivity contribution in [1.82, 2.24) is 5.32 Å². The van der Waals surface area contributed by atoms with E-state index in [9.17, 15) is 0 Å². The van der Waals surface area contributed by atoms with Crippen LogP contribution in [0.5, 0.6) is 0 Å². The molecule has 0 saturated carbocycles. The third kappa shape index (κ3) is 3.09. The maximum absolute atomic E-state index is 5.55. The summed E-state index contributed by atoms with van der Waals surface area (Å²) in [5.74, 6) is 0. The minimum Gasteiger partial charge on any atom is -0.380 e. The van der Waals surface area contributed by atoms with E-state index < -0.39 is 0 Å². The average Bonchev–Trinajstić information content (AvgIpc) is 2.43. The smallest absolute Gasteiger partial charge is 0.0661 e. The summed E-state index contributed by atoms with van der Waals surface area (Å²) in [6.07, 6.45) is 0. The molecular formula is C16H21NO. The number of rotatable bonds is 6. The Kier molecular flexibility index (Phi) is 4.73. The van der Waals surface area contributed by atoms with Gasteiger partial charge in [-0.2, -0.15) is 0 Å². The van der Waals surface area contributed by atoms with Gasteiger partial charge in [-0.15, -0.1) is 0 Å². The molecule has 2 rings (SSSR count). The fourth-order valence-corrected chi connectivity index (χ4v) is 2.18. The first kappa shape index (κ1) is 13.1. The number of fused-ring (bicyclic) bond motifs is 1. The second-order valence-electron chi connectivity index (χ2n) is 4.38.